The van der Waals surface area contributed by atoms with Crippen molar-refractivity contribution in [3.63, 3.8) is 0 Å². The molecule has 0 unspecified atom stereocenters. The molecule has 8 aromatic carbocycles. The molecular formula is C47H35N. The van der Waals surface area contributed by atoms with E-state index in [1.807, 2.05) is 0 Å². The van der Waals surface area contributed by atoms with Crippen LogP contribution < -0.4 is 4.90 Å². The molecule has 1 nitrogen and oxygen atoms in total. The topological polar surface area (TPSA) is 3.24 Å². The molecule has 0 saturated heterocycles. The maximum Gasteiger partial charge on any atom is 0.0540 e. The molecule has 1 aliphatic rings. The molecule has 0 aromatic heterocycles. The zero-order chi connectivity index (χ0) is 32.2. The van der Waals surface area contributed by atoms with Crippen molar-refractivity contribution >= 4 is 38.6 Å². The Morgan fingerprint density at radius 1 is 0.396 bits per heavy atom. The molecule has 0 heterocycles. The van der Waals surface area contributed by atoms with Gasteiger partial charge in [-0.2, -0.15) is 0 Å². The van der Waals surface area contributed by atoms with Gasteiger partial charge in [-0.15, -0.1) is 0 Å². The summed E-state index contributed by atoms with van der Waals surface area (Å²) in [5, 5.41) is 4.97. The molecule has 0 spiro atoms. The predicted molar refractivity (Wildman–Crippen MR) is 205 cm³/mol. The number of anilines is 3. The lowest BCUT2D eigenvalue weighted by Crippen LogP contribution is -2.14. The first kappa shape index (κ1) is 28.3. The van der Waals surface area contributed by atoms with Crippen molar-refractivity contribution in [3.05, 3.63) is 187 Å². The minimum Gasteiger partial charge on any atom is -0.310 e. The Hall–Kier alpha value is -5.92. The minimum atomic E-state index is -0.0218. The Bertz CT molecular complexity index is 2460. The Morgan fingerprint density at radius 3 is 1.75 bits per heavy atom. The average Bonchev–Trinajstić information content (AvgIpc) is 3.38. The zero-order valence-electron chi connectivity index (χ0n) is 27.2. The Balaban J connectivity index is 1.15. The largest absolute Gasteiger partial charge is 0.310 e. The van der Waals surface area contributed by atoms with Gasteiger partial charge < -0.3 is 4.90 Å². The quantitative estimate of drug-likeness (QED) is 0.187. The van der Waals surface area contributed by atoms with Gasteiger partial charge in [0, 0.05) is 22.2 Å². The summed E-state index contributed by atoms with van der Waals surface area (Å²) in [5.41, 5.74) is 13.8. The average molecular weight is 614 g/mol. The van der Waals surface area contributed by atoms with Gasteiger partial charge in [0.1, 0.15) is 0 Å². The summed E-state index contributed by atoms with van der Waals surface area (Å²) >= 11 is 0. The number of hydrogen-bond acceptors (Lipinski definition) is 1. The van der Waals surface area contributed by atoms with Gasteiger partial charge >= 0.3 is 0 Å². The van der Waals surface area contributed by atoms with Crippen molar-refractivity contribution in [3.8, 4) is 33.4 Å². The van der Waals surface area contributed by atoms with E-state index < -0.39 is 0 Å². The normalized spacial score (nSPS) is 13.0. The van der Waals surface area contributed by atoms with Crippen LogP contribution in [-0.4, -0.2) is 0 Å². The monoisotopic (exact) mass is 613 g/mol. The zero-order valence-corrected chi connectivity index (χ0v) is 27.2. The molecular weight excluding hydrogens is 579 g/mol. The highest BCUT2D eigenvalue weighted by atomic mass is 15.1. The van der Waals surface area contributed by atoms with Crippen LogP contribution in [0.2, 0.25) is 0 Å². The van der Waals surface area contributed by atoms with Crippen molar-refractivity contribution in [1.29, 1.82) is 0 Å². The molecule has 8 aromatic rings. The second-order valence-electron chi connectivity index (χ2n) is 13.4. The maximum absolute atomic E-state index is 2.39. The van der Waals surface area contributed by atoms with Gasteiger partial charge in [0.05, 0.1) is 5.69 Å². The molecule has 0 atom stereocenters. The van der Waals surface area contributed by atoms with E-state index in [9.17, 15) is 0 Å². The predicted octanol–water partition coefficient (Wildman–Crippen LogP) is 13.1. The highest BCUT2D eigenvalue weighted by molar-refractivity contribution is 5.99. The molecule has 0 N–H and O–H groups in total. The molecule has 0 bridgehead atoms. The highest BCUT2D eigenvalue weighted by Crippen LogP contribution is 2.52. The highest BCUT2D eigenvalue weighted by Gasteiger charge is 2.36. The summed E-state index contributed by atoms with van der Waals surface area (Å²) in [4.78, 5) is 2.39. The Kier molecular flexibility index (Phi) is 6.55. The van der Waals surface area contributed by atoms with Crippen LogP contribution in [0.25, 0.3) is 54.9 Å². The minimum absolute atomic E-state index is 0.0218. The fourth-order valence-electron chi connectivity index (χ4n) is 7.79. The van der Waals surface area contributed by atoms with Crippen molar-refractivity contribution in [2.24, 2.45) is 0 Å². The smallest absolute Gasteiger partial charge is 0.0540 e. The second kappa shape index (κ2) is 11.1. The van der Waals surface area contributed by atoms with Gasteiger partial charge in [0.25, 0.3) is 0 Å². The van der Waals surface area contributed by atoms with Crippen LogP contribution in [0.5, 0.6) is 0 Å². The second-order valence-corrected chi connectivity index (χ2v) is 13.4. The summed E-state index contributed by atoms with van der Waals surface area (Å²) in [6.07, 6.45) is 0. The van der Waals surface area contributed by atoms with Crippen molar-refractivity contribution in [2.45, 2.75) is 19.3 Å². The van der Waals surface area contributed by atoms with Gasteiger partial charge in [-0.3, -0.25) is 0 Å². The maximum atomic E-state index is 2.39. The number of fused-ring (bicyclic) bond motifs is 5. The van der Waals surface area contributed by atoms with Crippen LogP contribution in [0.15, 0.2) is 176 Å². The molecule has 1 aliphatic carbocycles. The van der Waals surface area contributed by atoms with Crippen LogP contribution in [0.3, 0.4) is 0 Å². The van der Waals surface area contributed by atoms with Crippen molar-refractivity contribution < 1.29 is 0 Å². The lowest BCUT2D eigenvalue weighted by atomic mass is 9.82. The molecule has 228 valence electrons. The summed E-state index contributed by atoms with van der Waals surface area (Å²) in [5.74, 6) is 0. The molecule has 0 saturated carbocycles. The third kappa shape index (κ3) is 4.54. The first-order valence-electron chi connectivity index (χ1n) is 16.8. The fourth-order valence-corrected chi connectivity index (χ4v) is 7.79. The van der Waals surface area contributed by atoms with Crippen molar-refractivity contribution in [1.82, 2.24) is 0 Å². The fraction of sp³-hybridized carbons (Fsp3) is 0.0638. The standard InChI is InChI=1S/C47H35N/c1-47(2)43-18-8-7-16-42(43)46-41(17-10-19-44(46)47)35-25-29-39(30-26-35)48(45-20-9-14-34-12-5-6-15-40(34)45)38-27-23-33(24-28-38)37-22-21-32-11-3-4-13-36(32)31-37/h3-31H,1-2H3. The van der Waals surface area contributed by atoms with E-state index in [4.69, 9.17) is 0 Å². The number of benzene rings is 8. The number of rotatable bonds is 5. The van der Waals surface area contributed by atoms with Gasteiger partial charge in [-0.1, -0.05) is 153 Å². The molecule has 0 fully saturated rings. The Labute approximate surface area is 282 Å². The van der Waals surface area contributed by atoms with E-state index in [1.54, 1.807) is 0 Å². The molecule has 0 radical (unpaired) electrons. The molecule has 9 rings (SSSR count). The van der Waals surface area contributed by atoms with E-state index >= 15 is 0 Å². The summed E-state index contributed by atoms with van der Waals surface area (Å²) in [6, 6.07) is 64.3. The van der Waals surface area contributed by atoms with Crippen LogP contribution >= 0.6 is 0 Å². The van der Waals surface area contributed by atoms with E-state index in [-0.39, 0.29) is 5.41 Å². The van der Waals surface area contributed by atoms with E-state index in [0.29, 0.717) is 0 Å². The van der Waals surface area contributed by atoms with Gasteiger partial charge in [-0.05, 0) is 97.1 Å². The van der Waals surface area contributed by atoms with E-state index in [2.05, 4.69) is 195 Å². The summed E-state index contributed by atoms with van der Waals surface area (Å²) in [6.45, 7) is 4.69. The number of nitrogens with zero attached hydrogens (tertiary/aromatic N) is 1. The molecule has 0 aliphatic heterocycles. The lowest BCUT2D eigenvalue weighted by molar-refractivity contribution is 0.660. The summed E-state index contributed by atoms with van der Waals surface area (Å²) in [7, 11) is 0. The molecule has 48 heavy (non-hydrogen) atoms. The van der Waals surface area contributed by atoms with Gasteiger partial charge in [0.2, 0.25) is 0 Å². The molecule has 1 heteroatoms. The van der Waals surface area contributed by atoms with Gasteiger partial charge in [0.15, 0.2) is 0 Å². The van der Waals surface area contributed by atoms with Crippen LogP contribution in [-0.2, 0) is 5.41 Å². The van der Waals surface area contributed by atoms with Crippen LogP contribution in [0, 0.1) is 0 Å². The first-order valence-corrected chi connectivity index (χ1v) is 16.8. The first-order chi connectivity index (χ1) is 23.6. The van der Waals surface area contributed by atoms with Crippen LogP contribution in [0.1, 0.15) is 25.0 Å². The Morgan fingerprint density at radius 2 is 0.958 bits per heavy atom. The molecule has 0 amide bonds. The summed E-state index contributed by atoms with van der Waals surface area (Å²) < 4.78 is 0. The lowest BCUT2D eigenvalue weighted by Gasteiger charge is -2.27. The SMILES string of the molecule is CC1(C)c2ccccc2-c2c(-c3ccc(N(c4ccc(-c5ccc6ccccc6c5)cc4)c4cccc5ccccc45)cc3)cccc21. The third-order valence-corrected chi connectivity index (χ3v) is 10.3. The number of hydrogen-bond donors (Lipinski definition) is 0. The van der Waals surface area contributed by atoms with E-state index in [0.717, 1.165) is 17.1 Å². The third-order valence-electron chi connectivity index (χ3n) is 10.3. The van der Waals surface area contributed by atoms with Gasteiger partial charge in [-0.25, -0.2) is 0 Å². The van der Waals surface area contributed by atoms with E-state index in [1.165, 1.54) is 66.1 Å². The van der Waals surface area contributed by atoms with Crippen molar-refractivity contribution in [2.75, 3.05) is 4.90 Å². The van der Waals surface area contributed by atoms with Crippen LogP contribution in [0.4, 0.5) is 17.1 Å².